The summed E-state index contributed by atoms with van der Waals surface area (Å²) < 4.78 is 32.2. The number of amides is 1. The topological polar surface area (TPSA) is 76.6 Å². The van der Waals surface area contributed by atoms with Gasteiger partial charge in [-0.05, 0) is 12.8 Å². The lowest BCUT2D eigenvalue weighted by atomic mass is 10.1. The zero-order valence-corrected chi connectivity index (χ0v) is 13.5. The van der Waals surface area contributed by atoms with E-state index in [4.69, 9.17) is 10.5 Å². The third-order valence-electron chi connectivity index (χ3n) is 4.65. The fourth-order valence-electron chi connectivity index (χ4n) is 3.23. The van der Waals surface area contributed by atoms with Gasteiger partial charge >= 0.3 is 6.55 Å². The maximum Gasteiger partial charge on any atom is 0.319 e. The van der Waals surface area contributed by atoms with E-state index in [0.717, 1.165) is 11.0 Å². The van der Waals surface area contributed by atoms with Crippen molar-refractivity contribution in [2.45, 2.75) is 38.1 Å². The third kappa shape index (κ3) is 3.73. The van der Waals surface area contributed by atoms with Crippen LogP contribution in [0.3, 0.4) is 0 Å². The molecule has 0 aromatic carbocycles. The maximum absolute atomic E-state index is 12.8. The summed E-state index contributed by atoms with van der Waals surface area (Å²) in [6.07, 6.45) is 3.80. The minimum atomic E-state index is -2.58. The number of carbonyl (C=O) groups excluding carboxylic acids is 1. The first-order valence-electron chi connectivity index (χ1n) is 8.25. The number of piperazine rings is 1. The average molecular weight is 343 g/mol. The van der Waals surface area contributed by atoms with Gasteiger partial charge in [0.1, 0.15) is 11.9 Å². The van der Waals surface area contributed by atoms with Crippen LogP contribution in [0.15, 0.2) is 12.4 Å². The highest BCUT2D eigenvalue weighted by Crippen LogP contribution is 2.21. The van der Waals surface area contributed by atoms with Gasteiger partial charge in [0.15, 0.2) is 0 Å². The van der Waals surface area contributed by atoms with Crippen molar-refractivity contribution < 1.29 is 18.3 Å². The van der Waals surface area contributed by atoms with Crippen molar-refractivity contribution in [3.8, 4) is 0 Å². The first-order valence-corrected chi connectivity index (χ1v) is 8.25. The van der Waals surface area contributed by atoms with E-state index < -0.39 is 6.55 Å². The number of aromatic nitrogens is 2. The van der Waals surface area contributed by atoms with Crippen LogP contribution in [0.1, 0.15) is 25.2 Å². The summed E-state index contributed by atoms with van der Waals surface area (Å²) in [7, 11) is 0. The molecule has 2 N–H and O–H groups in total. The van der Waals surface area contributed by atoms with Gasteiger partial charge in [0, 0.05) is 45.1 Å². The van der Waals surface area contributed by atoms with E-state index >= 15 is 0 Å². The molecule has 2 aliphatic heterocycles. The van der Waals surface area contributed by atoms with E-state index in [9.17, 15) is 13.6 Å². The lowest BCUT2D eigenvalue weighted by Gasteiger charge is -2.35. The van der Waals surface area contributed by atoms with Crippen molar-refractivity contribution in [3.63, 3.8) is 0 Å². The Hall–Kier alpha value is -1.58. The number of hydrogen-bond donors (Lipinski definition) is 1. The summed E-state index contributed by atoms with van der Waals surface area (Å²) >= 11 is 0. The van der Waals surface area contributed by atoms with Crippen LogP contribution < -0.4 is 5.73 Å². The number of imidazole rings is 1. The molecule has 2 aliphatic rings. The molecule has 2 atom stereocenters. The molecule has 24 heavy (non-hydrogen) atoms. The summed E-state index contributed by atoms with van der Waals surface area (Å²) in [5.74, 6) is 0.356. The molecule has 1 aromatic heterocycles. The number of nitrogens with two attached hydrogens (primary N) is 1. The minimum absolute atomic E-state index is 0.0136. The van der Waals surface area contributed by atoms with Crippen molar-refractivity contribution in [1.29, 1.82) is 0 Å². The Bertz CT molecular complexity index is 560. The van der Waals surface area contributed by atoms with Crippen molar-refractivity contribution in [2.75, 3.05) is 32.7 Å². The van der Waals surface area contributed by atoms with Crippen LogP contribution in [0.2, 0.25) is 0 Å². The molecule has 0 spiro atoms. The normalized spacial score (nSPS) is 25.6. The highest BCUT2D eigenvalue weighted by atomic mass is 19.3. The summed E-state index contributed by atoms with van der Waals surface area (Å²) in [5.41, 5.74) is 5.57. The second kappa shape index (κ2) is 7.54. The molecule has 0 radical (unpaired) electrons. The Morgan fingerprint density at radius 2 is 2.08 bits per heavy atom. The number of rotatable bonds is 5. The van der Waals surface area contributed by atoms with E-state index in [2.05, 4.69) is 4.98 Å². The van der Waals surface area contributed by atoms with Gasteiger partial charge in [-0.1, -0.05) is 0 Å². The van der Waals surface area contributed by atoms with Gasteiger partial charge in [-0.15, -0.1) is 0 Å². The van der Waals surface area contributed by atoms with Gasteiger partial charge in [-0.2, -0.15) is 8.78 Å². The molecular weight excluding hydrogens is 320 g/mol. The molecule has 0 aliphatic carbocycles. The Morgan fingerprint density at radius 1 is 1.33 bits per heavy atom. The summed E-state index contributed by atoms with van der Waals surface area (Å²) in [4.78, 5) is 20.3. The van der Waals surface area contributed by atoms with Crippen LogP contribution in [0.4, 0.5) is 8.78 Å². The summed E-state index contributed by atoms with van der Waals surface area (Å²) in [6.45, 7) is 0.621. The molecule has 0 saturated carbocycles. The van der Waals surface area contributed by atoms with Crippen molar-refractivity contribution in [2.24, 2.45) is 5.73 Å². The van der Waals surface area contributed by atoms with Gasteiger partial charge in [-0.25, -0.2) is 4.98 Å². The van der Waals surface area contributed by atoms with Gasteiger partial charge < -0.3 is 15.4 Å². The van der Waals surface area contributed by atoms with Crippen LogP contribution in [-0.4, -0.2) is 70.2 Å². The fraction of sp³-hybridized carbons (Fsp3) is 0.733. The molecule has 2 fully saturated rings. The molecule has 0 bridgehead atoms. The molecule has 0 unspecified atom stereocenters. The predicted molar refractivity (Wildman–Crippen MR) is 82.3 cm³/mol. The van der Waals surface area contributed by atoms with Crippen LogP contribution in [0.25, 0.3) is 0 Å². The van der Waals surface area contributed by atoms with Gasteiger partial charge in [0.25, 0.3) is 5.91 Å². The molecule has 3 rings (SSSR count). The van der Waals surface area contributed by atoms with E-state index in [1.165, 1.54) is 12.4 Å². The van der Waals surface area contributed by atoms with E-state index in [0.29, 0.717) is 51.5 Å². The lowest BCUT2D eigenvalue weighted by Crippen LogP contribution is -2.51. The van der Waals surface area contributed by atoms with Crippen LogP contribution >= 0.6 is 0 Å². The highest BCUT2D eigenvalue weighted by Gasteiger charge is 2.34. The van der Waals surface area contributed by atoms with E-state index in [-0.39, 0.29) is 18.1 Å². The van der Waals surface area contributed by atoms with E-state index in [1.54, 1.807) is 4.90 Å². The SMILES string of the molecule is NC[C@H]1CC[C@@H](C(=O)N2CCN(Cc3nccn3C(F)F)CC2)O1. The van der Waals surface area contributed by atoms with Gasteiger partial charge in [0.05, 0.1) is 12.6 Å². The predicted octanol–water partition coefficient (Wildman–Crippen LogP) is 0.429. The lowest BCUT2D eigenvalue weighted by molar-refractivity contribution is -0.144. The Kier molecular flexibility index (Phi) is 5.42. The Labute approximate surface area is 139 Å². The first kappa shape index (κ1) is 17.2. The molecular formula is C15H23F2N5O2. The van der Waals surface area contributed by atoms with Crippen LogP contribution in [-0.2, 0) is 16.1 Å². The monoisotopic (exact) mass is 343 g/mol. The molecule has 9 heteroatoms. The minimum Gasteiger partial charge on any atom is -0.364 e. The summed E-state index contributed by atoms with van der Waals surface area (Å²) in [6, 6.07) is 0. The number of carbonyl (C=O) groups is 1. The first-order chi connectivity index (χ1) is 11.6. The molecule has 134 valence electrons. The smallest absolute Gasteiger partial charge is 0.319 e. The number of ether oxygens (including phenoxy) is 1. The second-order valence-electron chi connectivity index (χ2n) is 6.19. The van der Waals surface area contributed by atoms with Gasteiger partial charge in [0.2, 0.25) is 0 Å². The summed E-state index contributed by atoms with van der Waals surface area (Å²) in [5, 5.41) is 0. The Morgan fingerprint density at radius 3 is 2.71 bits per heavy atom. The second-order valence-corrected chi connectivity index (χ2v) is 6.19. The third-order valence-corrected chi connectivity index (χ3v) is 4.65. The van der Waals surface area contributed by atoms with Crippen molar-refractivity contribution >= 4 is 5.91 Å². The number of hydrogen-bond acceptors (Lipinski definition) is 5. The maximum atomic E-state index is 12.8. The number of halogens is 2. The Balaban J connectivity index is 1.49. The number of alkyl halides is 2. The van der Waals surface area contributed by atoms with Crippen LogP contribution in [0, 0.1) is 0 Å². The fourth-order valence-corrected chi connectivity index (χ4v) is 3.23. The quantitative estimate of drug-likeness (QED) is 0.839. The zero-order chi connectivity index (χ0) is 17.1. The van der Waals surface area contributed by atoms with Crippen LogP contribution in [0.5, 0.6) is 0 Å². The molecule has 1 amide bonds. The van der Waals surface area contributed by atoms with Crippen molar-refractivity contribution in [3.05, 3.63) is 18.2 Å². The molecule has 2 saturated heterocycles. The average Bonchev–Trinajstić information content (AvgIpc) is 3.24. The molecule has 1 aromatic rings. The molecule has 7 nitrogen and oxygen atoms in total. The van der Waals surface area contributed by atoms with Crippen molar-refractivity contribution in [1.82, 2.24) is 19.4 Å². The zero-order valence-electron chi connectivity index (χ0n) is 13.5. The van der Waals surface area contributed by atoms with E-state index in [1.807, 2.05) is 4.90 Å². The largest absolute Gasteiger partial charge is 0.364 e. The standard InChI is InChI=1S/C15H23F2N5O2/c16-15(17)22-4-3-19-13(22)10-20-5-7-21(8-6-20)14(23)12-2-1-11(9-18)24-12/h3-4,11-12,15H,1-2,5-10,18H2/t11-,12+/m1/s1. The number of nitrogens with zero attached hydrogens (tertiary/aromatic N) is 4. The molecule has 3 heterocycles. The van der Waals surface area contributed by atoms with Gasteiger partial charge in [-0.3, -0.25) is 14.3 Å². The highest BCUT2D eigenvalue weighted by molar-refractivity contribution is 5.81.